The fourth-order valence-corrected chi connectivity index (χ4v) is 5.05. The van der Waals surface area contributed by atoms with Gasteiger partial charge in [0.05, 0.1) is 5.69 Å². The van der Waals surface area contributed by atoms with E-state index in [0.717, 1.165) is 78.6 Å². The Morgan fingerprint density at radius 3 is 2.44 bits per heavy atom. The maximum atomic E-state index is 13.1. The quantitative estimate of drug-likeness (QED) is 0.317. The van der Waals surface area contributed by atoms with Crippen molar-refractivity contribution in [3.05, 3.63) is 113 Å². The summed E-state index contributed by atoms with van der Waals surface area (Å²) >= 11 is 0. The van der Waals surface area contributed by atoms with Gasteiger partial charge in [-0.05, 0) is 47.4 Å². The molecule has 0 radical (unpaired) electrons. The molecule has 4 aromatic rings. The van der Waals surface area contributed by atoms with E-state index in [-0.39, 0.29) is 5.78 Å². The fourth-order valence-electron chi connectivity index (χ4n) is 5.05. The maximum absolute atomic E-state index is 13.1. The van der Waals surface area contributed by atoms with Gasteiger partial charge in [-0.3, -0.25) is 19.6 Å². The Labute approximate surface area is 230 Å². The SMILES string of the molecule is Cc1ccc(CC(=O)c2ccc(CN3CCN(CCN)CC3)cc2)cc1Cc1nccc(-c2cccnc2)n1. The van der Waals surface area contributed by atoms with E-state index in [4.69, 9.17) is 10.7 Å². The number of Topliss-reactive ketones (excluding diaryl/α,β-unsaturated/α-hetero) is 1. The first kappa shape index (κ1) is 26.8. The summed E-state index contributed by atoms with van der Waals surface area (Å²) in [5.41, 5.74) is 12.8. The molecule has 0 bridgehead atoms. The lowest BCUT2D eigenvalue weighted by Crippen LogP contribution is -2.47. The van der Waals surface area contributed by atoms with E-state index in [0.29, 0.717) is 19.4 Å². The van der Waals surface area contributed by atoms with Gasteiger partial charge >= 0.3 is 0 Å². The number of hydrogen-bond donors (Lipinski definition) is 1. The number of piperazine rings is 1. The number of nitrogens with two attached hydrogens (primary N) is 1. The molecule has 7 heteroatoms. The minimum atomic E-state index is 0.126. The molecule has 1 aliphatic rings. The lowest BCUT2D eigenvalue weighted by atomic mass is 9.97. The topological polar surface area (TPSA) is 88.2 Å². The zero-order valence-electron chi connectivity index (χ0n) is 22.6. The van der Waals surface area contributed by atoms with E-state index in [1.165, 1.54) is 5.56 Å². The van der Waals surface area contributed by atoms with Crippen LogP contribution in [0.1, 0.15) is 38.4 Å². The molecule has 3 heterocycles. The van der Waals surface area contributed by atoms with Gasteiger partial charge in [0.25, 0.3) is 0 Å². The van der Waals surface area contributed by atoms with Crippen LogP contribution in [0.2, 0.25) is 0 Å². The summed E-state index contributed by atoms with van der Waals surface area (Å²) in [5, 5.41) is 0. The van der Waals surface area contributed by atoms with E-state index in [2.05, 4.69) is 51.0 Å². The largest absolute Gasteiger partial charge is 0.329 e. The van der Waals surface area contributed by atoms with Crippen molar-refractivity contribution in [1.29, 1.82) is 0 Å². The minimum Gasteiger partial charge on any atom is -0.329 e. The Kier molecular flexibility index (Phi) is 8.83. The Morgan fingerprint density at radius 1 is 0.923 bits per heavy atom. The second-order valence-electron chi connectivity index (χ2n) is 10.2. The van der Waals surface area contributed by atoms with Crippen molar-refractivity contribution in [3.8, 4) is 11.3 Å². The minimum absolute atomic E-state index is 0.126. The second kappa shape index (κ2) is 12.8. The molecule has 5 rings (SSSR count). The van der Waals surface area contributed by atoms with Gasteiger partial charge in [-0.15, -0.1) is 0 Å². The molecule has 0 atom stereocenters. The van der Waals surface area contributed by atoms with Crippen molar-refractivity contribution < 1.29 is 4.79 Å². The van der Waals surface area contributed by atoms with Crippen molar-refractivity contribution in [2.45, 2.75) is 26.3 Å². The zero-order valence-corrected chi connectivity index (χ0v) is 22.6. The zero-order chi connectivity index (χ0) is 27.0. The van der Waals surface area contributed by atoms with Gasteiger partial charge in [0.1, 0.15) is 5.82 Å². The molecule has 2 N–H and O–H groups in total. The number of hydrogen-bond acceptors (Lipinski definition) is 7. The lowest BCUT2D eigenvalue weighted by molar-refractivity contribution is 0.0993. The molecule has 1 aliphatic heterocycles. The molecule has 0 aliphatic carbocycles. The summed E-state index contributed by atoms with van der Waals surface area (Å²) in [6.07, 6.45) is 6.33. The fraction of sp³-hybridized carbons (Fsp3) is 0.312. The maximum Gasteiger partial charge on any atom is 0.167 e. The highest BCUT2D eigenvalue weighted by molar-refractivity contribution is 5.97. The Morgan fingerprint density at radius 2 is 1.69 bits per heavy atom. The molecular weight excluding hydrogens is 484 g/mol. The number of benzene rings is 2. The average molecular weight is 521 g/mol. The molecule has 200 valence electrons. The summed E-state index contributed by atoms with van der Waals surface area (Å²) in [6.45, 7) is 8.92. The molecule has 1 fully saturated rings. The molecule has 1 saturated heterocycles. The van der Waals surface area contributed by atoms with Crippen LogP contribution in [-0.2, 0) is 19.4 Å². The molecule has 2 aromatic carbocycles. The average Bonchev–Trinajstić information content (AvgIpc) is 2.97. The Balaban J connectivity index is 1.20. The van der Waals surface area contributed by atoms with Crippen molar-refractivity contribution >= 4 is 5.78 Å². The molecule has 0 saturated carbocycles. The van der Waals surface area contributed by atoms with Crippen molar-refractivity contribution in [1.82, 2.24) is 24.8 Å². The number of aryl methyl sites for hydroxylation is 1. The summed E-state index contributed by atoms with van der Waals surface area (Å²) in [4.78, 5) is 31.4. The van der Waals surface area contributed by atoms with E-state index in [9.17, 15) is 4.79 Å². The lowest BCUT2D eigenvalue weighted by Gasteiger charge is -2.34. The highest BCUT2D eigenvalue weighted by Crippen LogP contribution is 2.19. The normalized spacial score (nSPS) is 14.4. The van der Waals surface area contributed by atoms with Crippen LogP contribution in [0, 0.1) is 6.92 Å². The third-order valence-electron chi connectivity index (χ3n) is 7.38. The van der Waals surface area contributed by atoms with E-state index < -0.39 is 0 Å². The smallest absolute Gasteiger partial charge is 0.167 e. The summed E-state index contributed by atoms with van der Waals surface area (Å²) in [5.74, 6) is 0.876. The predicted molar refractivity (Wildman–Crippen MR) is 154 cm³/mol. The highest BCUT2D eigenvalue weighted by Gasteiger charge is 2.16. The molecule has 2 aromatic heterocycles. The van der Waals surface area contributed by atoms with Crippen LogP contribution in [0.25, 0.3) is 11.3 Å². The van der Waals surface area contributed by atoms with Gasteiger partial charge in [-0.25, -0.2) is 9.97 Å². The van der Waals surface area contributed by atoms with Crippen LogP contribution in [0.3, 0.4) is 0 Å². The van der Waals surface area contributed by atoms with E-state index >= 15 is 0 Å². The van der Waals surface area contributed by atoms with Crippen molar-refractivity contribution in [2.24, 2.45) is 5.73 Å². The molecule has 0 amide bonds. The molecule has 39 heavy (non-hydrogen) atoms. The monoisotopic (exact) mass is 520 g/mol. The predicted octanol–water partition coefficient (Wildman–Crippen LogP) is 3.94. The van der Waals surface area contributed by atoms with Gasteiger partial charge < -0.3 is 5.73 Å². The number of ketones is 1. The first-order chi connectivity index (χ1) is 19.1. The molecule has 0 unspecified atom stereocenters. The number of rotatable bonds is 10. The van der Waals surface area contributed by atoms with Gasteiger partial charge in [-0.1, -0.05) is 42.5 Å². The van der Waals surface area contributed by atoms with Gasteiger partial charge in [-0.2, -0.15) is 0 Å². The molecular formula is C32H36N6O. The number of carbonyl (C=O) groups is 1. The van der Waals surface area contributed by atoms with Gasteiger partial charge in [0.2, 0.25) is 0 Å². The van der Waals surface area contributed by atoms with E-state index in [1.807, 2.05) is 36.4 Å². The Bertz CT molecular complexity index is 1380. The number of aromatic nitrogens is 3. The van der Waals surface area contributed by atoms with Crippen LogP contribution in [0.5, 0.6) is 0 Å². The van der Waals surface area contributed by atoms with Crippen LogP contribution in [0.4, 0.5) is 0 Å². The highest BCUT2D eigenvalue weighted by atomic mass is 16.1. The first-order valence-corrected chi connectivity index (χ1v) is 13.6. The second-order valence-corrected chi connectivity index (χ2v) is 10.2. The van der Waals surface area contributed by atoms with Crippen LogP contribution in [-0.4, -0.2) is 69.8 Å². The van der Waals surface area contributed by atoms with Crippen molar-refractivity contribution in [3.63, 3.8) is 0 Å². The molecule has 0 spiro atoms. The number of carbonyl (C=O) groups excluding carboxylic acids is 1. The van der Waals surface area contributed by atoms with Gasteiger partial charge in [0.15, 0.2) is 5.78 Å². The number of pyridine rings is 1. The van der Waals surface area contributed by atoms with Gasteiger partial charge in [0, 0.05) is 88.4 Å². The number of nitrogens with zero attached hydrogens (tertiary/aromatic N) is 5. The third-order valence-corrected chi connectivity index (χ3v) is 7.38. The third kappa shape index (κ3) is 7.20. The summed E-state index contributed by atoms with van der Waals surface area (Å²) in [7, 11) is 0. The van der Waals surface area contributed by atoms with Crippen LogP contribution >= 0.6 is 0 Å². The Hall–Kier alpha value is -3.78. The summed E-state index contributed by atoms with van der Waals surface area (Å²) in [6, 6.07) is 20.2. The molecule has 7 nitrogen and oxygen atoms in total. The van der Waals surface area contributed by atoms with E-state index in [1.54, 1.807) is 18.6 Å². The van der Waals surface area contributed by atoms with Crippen LogP contribution in [0.15, 0.2) is 79.3 Å². The van der Waals surface area contributed by atoms with Crippen LogP contribution < -0.4 is 5.73 Å². The van der Waals surface area contributed by atoms with Crippen molar-refractivity contribution in [2.75, 3.05) is 39.3 Å². The summed E-state index contributed by atoms with van der Waals surface area (Å²) < 4.78 is 0. The first-order valence-electron chi connectivity index (χ1n) is 13.6. The standard InChI is InChI=1S/C32H36N6O/c1-24-4-5-26(19-29(24)21-32-35-13-10-30(36-32)28-3-2-12-34-22-28)20-31(39)27-8-6-25(7-9-27)23-38-17-15-37(14-11-33)16-18-38/h2-10,12-13,19,22H,11,14-18,20-21,23,33H2,1H3.